The van der Waals surface area contributed by atoms with E-state index in [4.69, 9.17) is 16.3 Å². The molecule has 0 spiro atoms. The van der Waals surface area contributed by atoms with Gasteiger partial charge in [0.15, 0.2) is 10.8 Å². The van der Waals surface area contributed by atoms with E-state index < -0.39 is 11.6 Å². The van der Waals surface area contributed by atoms with E-state index in [0.29, 0.717) is 5.82 Å². The standard InChI is InChI=1S/C20H26ClN5O3/c1-20(2,3)29-19(28)17-13(12-7-9-22-10-8-12)5-6-16(24-17)23-14-11-15(21)25-26(4)18(14)27/h5-6,11-12,22H,7-10H2,1-4H3,(H,23,24). The number of halogens is 1. The molecule has 0 unspecified atom stereocenters. The molecule has 9 heteroatoms. The van der Waals surface area contributed by atoms with Crippen LogP contribution < -0.4 is 16.2 Å². The number of piperidine rings is 1. The van der Waals surface area contributed by atoms with Crippen LogP contribution in [0.25, 0.3) is 0 Å². The lowest BCUT2D eigenvalue weighted by Gasteiger charge is -2.26. The van der Waals surface area contributed by atoms with E-state index >= 15 is 0 Å². The van der Waals surface area contributed by atoms with Crippen molar-refractivity contribution in [1.29, 1.82) is 0 Å². The second-order valence-corrected chi connectivity index (χ2v) is 8.48. The van der Waals surface area contributed by atoms with Gasteiger partial charge in [0, 0.05) is 13.1 Å². The average Bonchev–Trinajstić information content (AvgIpc) is 2.65. The Morgan fingerprint density at radius 2 is 2.00 bits per heavy atom. The van der Waals surface area contributed by atoms with Crippen molar-refractivity contribution in [2.45, 2.75) is 45.1 Å². The summed E-state index contributed by atoms with van der Waals surface area (Å²) < 4.78 is 6.72. The summed E-state index contributed by atoms with van der Waals surface area (Å²) >= 11 is 5.96. The van der Waals surface area contributed by atoms with Gasteiger partial charge in [0.05, 0.1) is 0 Å². The van der Waals surface area contributed by atoms with E-state index in [0.717, 1.165) is 36.2 Å². The Kier molecular flexibility index (Phi) is 6.24. The molecule has 1 aliphatic rings. The van der Waals surface area contributed by atoms with Crippen molar-refractivity contribution >= 4 is 29.1 Å². The monoisotopic (exact) mass is 419 g/mol. The third kappa shape index (κ3) is 5.33. The number of rotatable bonds is 4. The van der Waals surface area contributed by atoms with Crippen LogP contribution >= 0.6 is 11.6 Å². The maximum Gasteiger partial charge on any atom is 0.357 e. The molecule has 0 aromatic carbocycles. The number of nitrogens with one attached hydrogen (secondary N) is 2. The lowest BCUT2D eigenvalue weighted by molar-refractivity contribution is 0.00608. The third-order valence-corrected chi connectivity index (χ3v) is 4.78. The van der Waals surface area contributed by atoms with Gasteiger partial charge in [-0.15, -0.1) is 0 Å². The molecule has 8 nitrogen and oxygen atoms in total. The maximum atomic E-state index is 12.9. The first-order valence-electron chi connectivity index (χ1n) is 9.60. The fourth-order valence-electron chi connectivity index (χ4n) is 3.29. The number of aryl methyl sites for hydroxylation is 1. The fourth-order valence-corrected chi connectivity index (χ4v) is 3.51. The van der Waals surface area contributed by atoms with Gasteiger partial charge in [-0.05, 0) is 64.3 Å². The summed E-state index contributed by atoms with van der Waals surface area (Å²) in [6, 6.07) is 5.08. The van der Waals surface area contributed by atoms with E-state index in [1.807, 2.05) is 26.8 Å². The van der Waals surface area contributed by atoms with Crippen molar-refractivity contribution in [1.82, 2.24) is 20.1 Å². The van der Waals surface area contributed by atoms with E-state index in [1.54, 1.807) is 6.07 Å². The van der Waals surface area contributed by atoms with Gasteiger partial charge in [-0.2, -0.15) is 5.10 Å². The number of carbonyl (C=O) groups excluding carboxylic acids is 1. The zero-order chi connectivity index (χ0) is 21.2. The molecule has 0 aliphatic carbocycles. The Hall–Kier alpha value is -2.45. The quantitative estimate of drug-likeness (QED) is 0.735. The van der Waals surface area contributed by atoms with Crippen LogP contribution in [0.15, 0.2) is 23.0 Å². The molecular formula is C20H26ClN5O3. The van der Waals surface area contributed by atoms with Crippen LogP contribution in [0, 0.1) is 0 Å². The normalized spacial score (nSPS) is 15.2. The van der Waals surface area contributed by atoms with Crippen LogP contribution in [0.5, 0.6) is 0 Å². The molecule has 29 heavy (non-hydrogen) atoms. The number of anilines is 2. The fraction of sp³-hybridized carbons (Fsp3) is 0.500. The van der Waals surface area contributed by atoms with E-state index in [9.17, 15) is 9.59 Å². The number of ether oxygens (including phenoxy) is 1. The second-order valence-electron chi connectivity index (χ2n) is 8.09. The predicted molar refractivity (Wildman–Crippen MR) is 112 cm³/mol. The molecule has 1 aliphatic heterocycles. The molecule has 0 atom stereocenters. The number of carbonyl (C=O) groups is 1. The molecule has 3 rings (SSSR count). The highest BCUT2D eigenvalue weighted by atomic mass is 35.5. The van der Waals surface area contributed by atoms with Crippen molar-refractivity contribution in [3.8, 4) is 0 Å². The predicted octanol–water partition coefficient (Wildman–Crippen LogP) is 2.99. The maximum absolute atomic E-state index is 12.9. The summed E-state index contributed by atoms with van der Waals surface area (Å²) in [5.41, 5.74) is 0.380. The van der Waals surface area contributed by atoms with Gasteiger partial charge in [-0.3, -0.25) is 4.79 Å². The summed E-state index contributed by atoms with van der Waals surface area (Å²) in [4.78, 5) is 29.7. The first-order chi connectivity index (χ1) is 13.6. The van der Waals surface area contributed by atoms with Gasteiger partial charge < -0.3 is 15.4 Å². The zero-order valence-corrected chi connectivity index (χ0v) is 17.8. The highest BCUT2D eigenvalue weighted by Gasteiger charge is 2.27. The van der Waals surface area contributed by atoms with Crippen molar-refractivity contribution in [2.24, 2.45) is 7.05 Å². The molecule has 1 saturated heterocycles. The lowest BCUT2D eigenvalue weighted by Crippen LogP contribution is -2.29. The van der Waals surface area contributed by atoms with Crippen molar-refractivity contribution < 1.29 is 9.53 Å². The van der Waals surface area contributed by atoms with Gasteiger partial charge in [0.25, 0.3) is 5.56 Å². The molecule has 156 valence electrons. The molecule has 3 heterocycles. The Balaban J connectivity index is 1.98. The van der Waals surface area contributed by atoms with Crippen molar-refractivity contribution in [3.63, 3.8) is 0 Å². The number of hydrogen-bond acceptors (Lipinski definition) is 7. The molecule has 2 aromatic rings. The summed E-state index contributed by atoms with van der Waals surface area (Å²) in [7, 11) is 1.51. The smallest absolute Gasteiger partial charge is 0.357 e. The van der Waals surface area contributed by atoms with E-state index in [-0.39, 0.29) is 28.0 Å². The molecule has 0 amide bonds. The summed E-state index contributed by atoms with van der Waals surface area (Å²) in [6.07, 6.45) is 1.84. The third-order valence-electron chi connectivity index (χ3n) is 4.59. The molecule has 1 fully saturated rings. The molecule has 0 radical (unpaired) electrons. The first kappa shape index (κ1) is 21.3. The van der Waals surface area contributed by atoms with Crippen LogP contribution in [0.4, 0.5) is 11.5 Å². The molecule has 2 aromatic heterocycles. The molecular weight excluding hydrogens is 394 g/mol. The van der Waals surface area contributed by atoms with Crippen LogP contribution in [-0.4, -0.2) is 39.4 Å². The van der Waals surface area contributed by atoms with Gasteiger partial charge in [-0.25, -0.2) is 14.5 Å². The minimum absolute atomic E-state index is 0.174. The summed E-state index contributed by atoms with van der Waals surface area (Å²) in [5.74, 6) is 0.113. The summed E-state index contributed by atoms with van der Waals surface area (Å²) in [5, 5.41) is 10.3. The molecule has 0 saturated carbocycles. The Morgan fingerprint density at radius 1 is 1.31 bits per heavy atom. The molecule has 2 N–H and O–H groups in total. The van der Waals surface area contributed by atoms with Gasteiger partial charge in [0.2, 0.25) is 0 Å². The summed E-state index contributed by atoms with van der Waals surface area (Å²) in [6.45, 7) is 7.24. The van der Waals surface area contributed by atoms with Crippen molar-refractivity contribution in [2.75, 3.05) is 18.4 Å². The number of nitrogens with zero attached hydrogens (tertiary/aromatic N) is 3. The second kappa shape index (κ2) is 8.51. The van der Waals surface area contributed by atoms with Gasteiger partial charge in [0.1, 0.15) is 17.1 Å². The number of esters is 1. The lowest BCUT2D eigenvalue weighted by atomic mass is 9.89. The topological polar surface area (TPSA) is 98.1 Å². The Morgan fingerprint density at radius 3 is 2.66 bits per heavy atom. The van der Waals surface area contributed by atoms with E-state index in [1.165, 1.54) is 13.1 Å². The largest absolute Gasteiger partial charge is 0.455 e. The highest BCUT2D eigenvalue weighted by Crippen LogP contribution is 2.30. The van der Waals surface area contributed by atoms with Gasteiger partial charge >= 0.3 is 5.97 Å². The number of pyridine rings is 1. The number of hydrogen-bond donors (Lipinski definition) is 2. The Bertz CT molecular complexity index is 962. The Labute approximate surface area is 174 Å². The zero-order valence-electron chi connectivity index (χ0n) is 17.1. The minimum Gasteiger partial charge on any atom is -0.455 e. The van der Waals surface area contributed by atoms with Crippen LogP contribution in [0.3, 0.4) is 0 Å². The van der Waals surface area contributed by atoms with Gasteiger partial charge in [-0.1, -0.05) is 17.7 Å². The van der Waals surface area contributed by atoms with Crippen LogP contribution in [-0.2, 0) is 11.8 Å². The SMILES string of the molecule is Cn1nc(Cl)cc(Nc2ccc(C3CCNCC3)c(C(=O)OC(C)(C)C)n2)c1=O. The minimum atomic E-state index is -0.637. The molecule has 0 bridgehead atoms. The van der Waals surface area contributed by atoms with Crippen LogP contribution in [0.1, 0.15) is 55.6 Å². The number of aromatic nitrogens is 3. The first-order valence-corrected chi connectivity index (χ1v) is 9.98. The van der Waals surface area contributed by atoms with Crippen LogP contribution in [0.2, 0.25) is 5.15 Å². The highest BCUT2D eigenvalue weighted by molar-refractivity contribution is 6.29. The van der Waals surface area contributed by atoms with Crippen molar-refractivity contribution in [3.05, 3.63) is 45.0 Å². The average molecular weight is 420 g/mol. The van der Waals surface area contributed by atoms with E-state index in [2.05, 4.69) is 20.7 Å².